The van der Waals surface area contributed by atoms with Gasteiger partial charge in [-0.1, -0.05) is 15.9 Å². The molecular weight excluding hydrogens is 270 g/mol. The zero-order valence-electron chi connectivity index (χ0n) is 7.56. The van der Waals surface area contributed by atoms with Crippen molar-refractivity contribution in [2.45, 2.75) is 18.2 Å². The average Bonchev–Trinajstić information content (AvgIpc) is 2.16. The predicted octanol–water partition coefficient (Wildman–Crippen LogP) is 2.27. The molecule has 1 aromatic rings. The lowest BCUT2D eigenvalue weighted by Gasteiger charge is -2.09. The fourth-order valence-electron chi connectivity index (χ4n) is 1.28. The molecule has 6 heteroatoms. The summed E-state index contributed by atoms with van der Waals surface area (Å²) in [6.07, 6.45) is -2.92. The van der Waals surface area contributed by atoms with Crippen molar-refractivity contribution in [1.29, 1.82) is 5.26 Å². The van der Waals surface area contributed by atoms with Crippen molar-refractivity contribution >= 4 is 15.9 Å². The first-order valence-electron chi connectivity index (χ1n) is 4.06. The van der Waals surface area contributed by atoms with Crippen LogP contribution in [0.4, 0.5) is 8.78 Å². The van der Waals surface area contributed by atoms with E-state index in [0.29, 0.717) is 0 Å². The Morgan fingerprint density at radius 2 is 2.27 bits per heavy atom. The van der Waals surface area contributed by atoms with Crippen LogP contribution in [0.3, 0.4) is 0 Å². The Morgan fingerprint density at radius 3 is 2.73 bits per heavy atom. The lowest BCUT2D eigenvalue weighted by Crippen LogP contribution is -2.13. The van der Waals surface area contributed by atoms with Gasteiger partial charge >= 0.3 is 0 Å². The molecule has 0 unspecified atom stereocenters. The second kappa shape index (κ2) is 5.03. The number of hydrogen-bond acceptors (Lipinski definition) is 2. The van der Waals surface area contributed by atoms with Crippen molar-refractivity contribution in [1.82, 2.24) is 4.98 Å². The highest BCUT2D eigenvalue weighted by Gasteiger charge is 2.18. The number of pyridine rings is 1. The van der Waals surface area contributed by atoms with E-state index in [0.717, 1.165) is 6.07 Å². The van der Waals surface area contributed by atoms with Crippen molar-refractivity contribution < 1.29 is 8.78 Å². The molecule has 1 rings (SSSR count). The van der Waals surface area contributed by atoms with Crippen molar-refractivity contribution in [2.75, 3.05) is 0 Å². The van der Waals surface area contributed by atoms with Crippen molar-refractivity contribution in [3.8, 4) is 6.07 Å². The lowest BCUT2D eigenvalue weighted by atomic mass is 10.1. The molecule has 0 saturated carbocycles. The smallest absolute Gasteiger partial charge is 0.265 e. The van der Waals surface area contributed by atoms with Crippen LogP contribution >= 0.6 is 15.9 Å². The van der Waals surface area contributed by atoms with E-state index >= 15 is 0 Å². The van der Waals surface area contributed by atoms with Crippen LogP contribution in [0.15, 0.2) is 10.9 Å². The third-order valence-corrected chi connectivity index (χ3v) is 2.47. The number of rotatable bonds is 3. The highest BCUT2D eigenvalue weighted by atomic mass is 79.9. The van der Waals surface area contributed by atoms with Crippen molar-refractivity contribution in [2.24, 2.45) is 0 Å². The van der Waals surface area contributed by atoms with E-state index in [2.05, 4.69) is 20.9 Å². The van der Waals surface area contributed by atoms with Crippen LogP contribution in [0.2, 0.25) is 0 Å². The molecule has 1 aromatic heterocycles. The molecule has 0 saturated heterocycles. The predicted molar refractivity (Wildman–Crippen MR) is 54.0 cm³/mol. The van der Waals surface area contributed by atoms with Crippen molar-refractivity contribution in [3.05, 3.63) is 33.2 Å². The third kappa shape index (κ3) is 2.63. The number of H-pyrrole nitrogens is 1. The van der Waals surface area contributed by atoms with Gasteiger partial charge in [0.25, 0.3) is 6.43 Å². The van der Waals surface area contributed by atoms with Gasteiger partial charge in [-0.3, -0.25) is 4.79 Å². The van der Waals surface area contributed by atoms with Crippen LogP contribution < -0.4 is 5.56 Å². The quantitative estimate of drug-likeness (QED) is 0.861. The van der Waals surface area contributed by atoms with E-state index in [9.17, 15) is 13.6 Å². The summed E-state index contributed by atoms with van der Waals surface area (Å²) in [4.78, 5) is 13.3. The van der Waals surface area contributed by atoms with Crippen LogP contribution in [0, 0.1) is 11.3 Å². The van der Waals surface area contributed by atoms with E-state index in [4.69, 9.17) is 5.26 Å². The summed E-state index contributed by atoms with van der Waals surface area (Å²) in [7, 11) is 0. The largest absolute Gasteiger partial charge is 0.325 e. The molecule has 1 N–H and O–H groups in total. The van der Waals surface area contributed by atoms with Gasteiger partial charge in [-0.15, -0.1) is 0 Å². The van der Waals surface area contributed by atoms with E-state index in [1.807, 2.05) is 0 Å². The normalized spacial score (nSPS) is 10.3. The zero-order chi connectivity index (χ0) is 11.4. The molecule has 0 aliphatic heterocycles. The maximum absolute atomic E-state index is 12.7. The molecule has 0 atom stereocenters. The summed E-state index contributed by atoms with van der Waals surface area (Å²) < 4.78 is 25.4. The molecule has 0 fully saturated rings. The number of hydrogen-bond donors (Lipinski definition) is 1. The number of nitrogens with one attached hydrogen (secondary N) is 1. The van der Waals surface area contributed by atoms with Gasteiger partial charge in [0.2, 0.25) is 5.56 Å². The maximum Gasteiger partial charge on any atom is 0.265 e. The summed E-state index contributed by atoms with van der Waals surface area (Å²) in [6.45, 7) is 0. The van der Waals surface area contributed by atoms with Gasteiger partial charge in [0.15, 0.2) is 0 Å². The fraction of sp³-hybridized carbons (Fsp3) is 0.333. The second-order valence-corrected chi connectivity index (χ2v) is 3.38. The molecule has 3 nitrogen and oxygen atoms in total. The van der Waals surface area contributed by atoms with Crippen LogP contribution in [0.1, 0.15) is 23.2 Å². The Kier molecular flexibility index (Phi) is 3.97. The van der Waals surface area contributed by atoms with Gasteiger partial charge in [-0.25, -0.2) is 8.78 Å². The van der Waals surface area contributed by atoms with Crippen LogP contribution in [0.5, 0.6) is 0 Å². The van der Waals surface area contributed by atoms with Gasteiger partial charge in [0, 0.05) is 22.7 Å². The summed E-state index contributed by atoms with van der Waals surface area (Å²) >= 11 is 3.03. The Balaban J connectivity index is 3.41. The molecule has 0 radical (unpaired) electrons. The van der Waals surface area contributed by atoms with Gasteiger partial charge < -0.3 is 4.98 Å². The first kappa shape index (κ1) is 11.9. The maximum atomic E-state index is 12.7. The Morgan fingerprint density at radius 1 is 1.60 bits per heavy atom. The van der Waals surface area contributed by atoms with E-state index < -0.39 is 12.0 Å². The van der Waals surface area contributed by atoms with Crippen LogP contribution in [0.25, 0.3) is 0 Å². The topological polar surface area (TPSA) is 56.6 Å². The molecule has 0 spiro atoms. The molecule has 0 aliphatic rings. The first-order valence-corrected chi connectivity index (χ1v) is 5.18. The highest BCUT2D eigenvalue weighted by molar-refractivity contribution is 9.08. The molecule has 0 bridgehead atoms. The van der Waals surface area contributed by atoms with Gasteiger partial charge in [-0.2, -0.15) is 5.26 Å². The van der Waals surface area contributed by atoms with E-state index in [1.165, 1.54) is 0 Å². The van der Waals surface area contributed by atoms with E-state index in [-0.39, 0.29) is 28.6 Å². The SMILES string of the molecule is N#CCc1[nH]c(=O)cc(CBr)c1C(F)F. The van der Waals surface area contributed by atoms with Crippen molar-refractivity contribution in [3.63, 3.8) is 0 Å². The second-order valence-electron chi connectivity index (χ2n) is 2.82. The lowest BCUT2D eigenvalue weighted by molar-refractivity contribution is 0.149. The Bertz CT molecular complexity index is 450. The van der Waals surface area contributed by atoms with Crippen LogP contribution in [-0.4, -0.2) is 4.98 Å². The van der Waals surface area contributed by atoms with Crippen LogP contribution in [-0.2, 0) is 11.8 Å². The number of nitrogens with zero attached hydrogens (tertiary/aromatic N) is 1. The molecule has 1 heterocycles. The minimum Gasteiger partial charge on any atom is -0.325 e. The minimum absolute atomic E-state index is 0.00514. The highest BCUT2D eigenvalue weighted by Crippen LogP contribution is 2.26. The molecule has 0 amide bonds. The number of aromatic amines is 1. The summed E-state index contributed by atoms with van der Waals surface area (Å²) in [6, 6.07) is 2.85. The molecular formula is C9H7BrF2N2O. The number of halogens is 3. The minimum atomic E-state index is -2.70. The molecule has 0 aromatic carbocycles. The zero-order valence-corrected chi connectivity index (χ0v) is 9.14. The van der Waals surface area contributed by atoms with Gasteiger partial charge in [-0.05, 0) is 5.56 Å². The third-order valence-electron chi connectivity index (χ3n) is 1.87. The summed E-state index contributed by atoms with van der Waals surface area (Å²) in [5.41, 5.74) is -0.513. The number of aromatic nitrogens is 1. The first-order chi connectivity index (χ1) is 7.10. The summed E-state index contributed by atoms with van der Waals surface area (Å²) in [5, 5.41) is 8.61. The molecule has 80 valence electrons. The Labute approximate surface area is 92.9 Å². The fourth-order valence-corrected chi connectivity index (χ4v) is 1.75. The molecule has 0 aliphatic carbocycles. The van der Waals surface area contributed by atoms with Gasteiger partial charge in [0.05, 0.1) is 12.5 Å². The van der Waals surface area contributed by atoms with E-state index in [1.54, 1.807) is 6.07 Å². The monoisotopic (exact) mass is 276 g/mol. The number of alkyl halides is 3. The standard InChI is InChI=1S/C9H7BrF2N2O/c10-4-5-3-7(15)14-6(1-2-13)8(5)9(11)12/h3,9H,1,4H2,(H,14,15). The Hall–Kier alpha value is -1.22. The van der Waals surface area contributed by atoms with Gasteiger partial charge in [0.1, 0.15) is 0 Å². The average molecular weight is 277 g/mol. The number of nitriles is 1. The molecule has 15 heavy (non-hydrogen) atoms. The summed E-state index contributed by atoms with van der Waals surface area (Å²) in [5.74, 6) is 0.